The van der Waals surface area contributed by atoms with Crippen molar-refractivity contribution < 1.29 is 0 Å². The smallest absolute Gasteiger partial charge is 0.0303 e. The number of hydrogen-bond donors (Lipinski definition) is 0. The summed E-state index contributed by atoms with van der Waals surface area (Å²) in [6.45, 7) is 6.76. The minimum Gasteiger partial charge on any atom is -0.0885 e. The molecule has 0 unspecified atom stereocenters. The van der Waals surface area contributed by atoms with Gasteiger partial charge in [0, 0.05) is 0 Å². The highest BCUT2D eigenvalue weighted by Crippen LogP contribution is 2.12. The molecule has 0 aromatic rings. The van der Waals surface area contributed by atoms with Crippen LogP contribution in [0.1, 0.15) is 104 Å². The van der Waals surface area contributed by atoms with Gasteiger partial charge in [0.15, 0.2) is 0 Å². The standard InChI is InChI=1S/C19H37/c1-4-5-6-7-8-9-10-11-12-13-14-15-16-17-18-19(2)3/h11-12H,4-10,13-18H2,1-3H3. The molecule has 0 bridgehead atoms. The van der Waals surface area contributed by atoms with Crippen molar-refractivity contribution in [3.8, 4) is 0 Å². The van der Waals surface area contributed by atoms with E-state index in [1.54, 1.807) is 5.92 Å². The van der Waals surface area contributed by atoms with Gasteiger partial charge in [0.1, 0.15) is 0 Å². The van der Waals surface area contributed by atoms with E-state index < -0.39 is 0 Å². The lowest BCUT2D eigenvalue weighted by molar-refractivity contribution is 0.609. The van der Waals surface area contributed by atoms with Crippen LogP contribution >= 0.6 is 0 Å². The second-order valence-corrected chi connectivity index (χ2v) is 6.19. The number of rotatable bonds is 14. The molecule has 0 saturated heterocycles. The summed E-state index contributed by atoms with van der Waals surface area (Å²) >= 11 is 0. The van der Waals surface area contributed by atoms with E-state index in [-0.39, 0.29) is 0 Å². The Morgan fingerprint density at radius 2 is 1.11 bits per heavy atom. The van der Waals surface area contributed by atoms with E-state index >= 15 is 0 Å². The highest BCUT2D eigenvalue weighted by atomic mass is 14.0. The maximum Gasteiger partial charge on any atom is -0.0303 e. The molecule has 0 N–H and O–H groups in total. The van der Waals surface area contributed by atoms with Crippen molar-refractivity contribution in [3.05, 3.63) is 18.1 Å². The molecule has 0 aliphatic carbocycles. The van der Waals surface area contributed by atoms with E-state index in [0.29, 0.717) is 0 Å². The molecular weight excluding hydrogens is 228 g/mol. The highest BCUT2D eigenvalue weighted by molar-refractivity contribution is 4.81. The fourth-order valence-electron chi connectivity index (χ4n) is 2.37. The molecule has 0 heteroatoms. The van der Waals surface area contributed by atoms with Crippen molar-refractivity contribution in [2.75, 3.05) is 0 Å². The Hall–Kier alpha value is -0.260. The second kappa shape index (κ2) is 15.8. The van der Waals surface area contributed by atoms with Gasteiger partial charge >= 0.3 is 0 Å². The summed E-state index contributed by atoms with van der Waals surface area (Å²) in [5.41, 5.74) is 0. The lowest BCUT2D eigenvalue weighted by atomic mass is 10.0. The molecule has 0 aromatic heterocycles. The van der Waals surface area contributed by atoms with Gasteiger partial charge in [0.05, 0.1) is 0 Å². The summed E-state index contributed by atoms with van der Waals surface area (Å²) in [6, 6.07) is 0. The zero-order valence-corrected chi connectivity index (χ0v) is 13.8. The second-order valence-electron chi connectivity index (χ2n) is 6.19. The maximum atomic E-state index is 2.41. The predicted octanol–water partition coefficient (Wildman–Crippen LogP) is 7.25. The van der Waals surface area contributed by atoms with Crippen LogP contribution in [-0.4, -0.2) is 0 Å². The topological polar surface area (TPSA) is 0 Å². The van der Waals surface area contributed by atoms with Crippen LogP contribution in [0.4, 0.5) is 0 Å². The Kier molecular flexibility index (Phi) is 15.6. The molecule has 19 heavy (non-hydrogen) atoms. The molecule has 0 atom stereocenters. The summed E-state index contributed by atoms with van der Waals surface area (Å²) in [7, 11) is 0. The van der Waals surface area contributed by atoms with E-state index in [9.17, 15) is 0 Å². The minimum absolute atomic E-state index is 1.30. The first kappa shape index (κ1) is 18.7. The normalized spacial score (nSPS) is 11.8. The molecule has 0 saturated carbocycles. The maximum absolute atomic E-state index is 2.41. The average Bonchev–Trinajstić information content (AvgIpc) is 2.39. The van der Waals surface area contributed by atoms with Gasteiger partial charge in [0.25, 0.3) is 0 Å². The van der Waals surface area contributed by atoms with Gasteiger partial charge in [-0.1, -0.05) is 84.3 Å². The first-order chi connectivity index (χ1) is 9.27. The van der Waals surface area contributed by atoms with Crippen molar-refractivity contribution >= 4 is 0 Å². The van der Waals surface area contributed by atoms with Crippen LogP contribution in [0.3, 0.4) is 0 Å². The Morgan fingerprint density at radius 1 is 0.632 bits per heavy atom. The molecule has 0 aliphatic rings. The third kappa shape index (κ3) is 17.7. The molecule has 0 rings (SSSR count). The lowest BCUT2D eigenvalue weighted by Gasteiger charge is -2.02. The SMILES string of the molecule is CCCCCCCCC=CCCCCCC[C](C)C. The molecule has 113 valence electrons. The third-order valence-corrected chi connectivity index (χ3v) is 3.69. The van der Waals surface area contributed by atoms with E-state index in [1.165, 1.54) is 83.5 Å². The Balaban J connectivity index is 3.05. The third-order valence-electron chi connectivity index (χ3n) is 3.69. The van der Waals surface area contributed by atoms with E-state index in [1.807, 2.05) is 0 Å². The van der Waals surface area contributed by atoms with Crippen molar-refractivity contribution in [2.45, 2.75) is 104 Å². The van der Waals surface area contributed by atoms with Crippen LogP contribution in [0.5, 0.6) is 0 Å². The summed E-state index contributed by atoms with van der Waals surface area (Å²) in [5.74, 6) is 1.58. The van der Waals surface area contributed by atoms with E-state index in [0.717, 1.165) is 0 Å². The van der Waals surface area contributed by atoms with Gasteiger partial charge in [-0.2, -0.15) is 0 Å². The first-order valence-corrected chi connectivity index (χ1v) is 8.71. The highest BCUT2D eigenvalue weighted by Gasteiger charge is 1.94. The van der Waals surface area contributed by atoms with E-state index in [4.69, 9.17) is 0 Å². The Morgan fingerprint density at radius 3 is 1.63 bits per heavy atom. The summed E-state index contributed by atoms with van der Waals surface area (Å²) in [6.07, 6.45) is 22.8. The molecule has 0 heterocycles. The molecular formula is C19H37. The van der Waals surface area contributed by atoms with Crippen molar-refractivity contribution in [2.24, 2.45) is 0 Å². The summed E-state index contributed by atoms with van der Waals surface area (Å²) in [5, 5.41) is 0. The number of unbranched alkanes of at least 4 members (excludes halogenated alkanes) is 10. The van der Waals surface area contributed by atoms with Crippen LogP contribution in [0.15, 0.2) is 12.2 Å². The molecule has 0 spiro atoms. The fourth-order valence-corrected chi connectivity index (χ4v) is 2.37. The lowest BCUT2D eigenvalue weighted by Crippen LogP contribution is -1.84. The van der Waals surface area contributed by atoms with Gasteiger partial charge in [0.2, 0.25) is 0 Å². The molecule has 0 amide bonds. The largest absolute Gasteiger partial charge is 0.0885 e. The monoisotopic (exact) mass is 265 g/mol. The molecule has 0 aromatic carbocycles. The molecule has 0 nitrogen and oxygen atoms in total. The van der Waals surface area contributed by atoms with Gasteiger partial charge in [-0.15, -0.1) is 0 Å². The average molecular weight is 266 g/mol. The summed E-state index contributed by atoms with van der Waals surface area (Å²) < 4.78 is 0. The van der Waals surface area contributed by atoms with Gasteiger partial charge in [-0.25, -0.2) is 0 Å². The van der Waals surface area contributed by atoms with Crippen molar-refractivity contribution in [1.29, 1.82) is 0 Å². The molecule has 1 radical (unpaired) electrons. The number of allylic oxidation sites excluding steroid dienone is 2. The van der Waals surface area contributed by atoms with E-state index in [2.05, 4.69) is 32.9 Å². The van der Waals surface area contributed by atoms with Crippen LogP contribution < -0.4 is 0 Å². The fraction of sp³-hybridized carbons (Fsp3) is 0.842. The first-order valence-electron chi connectivity index (χ1n) is 8.71. The Labute approximate surface area is 123 Å². The van der Waals surface area contributed by atoms with Gasteiger partial charge in [-0.3, -0.25) is 0 Å². The quantitative estimate of drug-likeness (QED) is 0.229. The van der Waals surface area contributed by atoms with Crippen LogP contribution in [0.25, 0.3) is 0 Å². The predicted molar refractivity (Wildman–Crippen MR) is 89.4 cm³/mol. The van der Waals surface area contributed by atoms with Gasteiger partial charge in [-0.05, 0) is 38.0 Å². The minimum atomic E-state index is 1.30. The molecule has 0 aliphatic heterocycles. The zero-order chi connectivity index (χ0) is 14.2. The summed E-state index contributed by atoms with van der Waals surface area (Å²) in [4.78, 5) is 0. The van der Waals surface area contributed by atoms with Crippen LogP contribution in [-0.2, 0) is 0 Å². The molecule has 0 fully saturated rings. The van der Waals surface area contributed by atoms with Crippen molar-refractivity contribution in [3.63, 3.8) is 0 Å². The van der Waals surface area contributed by atoms with Crippen LogP contribution in [0, 0.1) is 5.92 Å². The zero-order valence-electron chi connectivity index (χ0n) is 13.8. The number of hydrogen-bond acceptors (Lipinski definition) is 0. The van der Waals surface area contributed by atoms with Crippen molar-refractivity contribution in [1.82, 2.24) is 0 Å². The van der Waals surface area contributed by atoms with Crippen LogP contribution in [0.2, 0.25) is 0 Å². The Bertz CT molecular complexity index is 178. The van der Waals surface area contributed by atoms with Gasteiger partial charge < -0.3 is 0 Å².